The van der Waals surface area contributed by atoms with E-state index in [1.54, 1.807) is 0 Å². The lowest BCUT2D eigenvalue weighted by atomic mass is 10.1. The van der Waals surface area contributed by atoms with Crippen molar-refractivity contribution < 1.29 is 9.21 Å². The molecule has 0 aliphatic carbocycles. The van der Waals surface area contributed by atoms with Crippen LogP contribution in [-0.2, 0) is 17.8 Å². The van der Waals surface area contributed by atoms with Crippen LogP contribution in [0.15, 0.2) is 17.1 Å². The number of carbonyl (C=O) groups excluding carboxylic acids is 1. The fourth-order valence-corrected chi connectivity index (χ4v) is 3.35. The Morgan fingerprint density at radius 1 is 1.50 bits per heavy atom. The van der Waals surface area contributed by atoms with Crippen molar-refractivity contribution in [1.29, 1.82) is 0 Å². The van der Waals surface area contributed by atoms with Crippen LogP contribution < -0.4 is 0 Å². The zero-order valence-corrected chi connectivity index (χ0v) is 13.5. The Balaban J connectivity index is 1.71. The molecule has 0 bridgehead atoms. The van der Waals surface area contributed by atoms with Crippen LogP contribution in [0.1, 0.15) is 50.0 Å². The highest BCUT2D eigenvalue weighted by atomic mass is 16.4. The fraction of sp³-hybridized carbons (Fsp3) is 0.647. The lowest BCUT2D eigenvalue weighted by Crippen LogP contribution is -2.47. The predicted molar refractivity (Wildman–Crippen MR) is 84.5 cm³/mol. The van der Waals surface area contributed by atoms with Gasteiger partial charge in [0.25, 0.3) is 0 Å². The largest absolute Gasteiger partial charge is 0.445 e. The van der Waals surface area contributed by atoms with Crippen molar-refractivity contribution in [1.82, 2.24) is 14.8 Å². The van der Waals surface area contributed by atoms with Crippen LogP contribution in [0, 0.1) is 0 Å². The van der Waals surface area contributed by atoms with E-state index < -0.39 is 0 Å². The highest BCUT2D eigenvalue weighted by molar-refractivity contribution is 5.82. The molecule has 0 spiro atoms. The lowest BCUT2D eigenvalue weighted by molar-refractivity contribution is -0.136. The molecule has 22 heavy (non-hydrogen) atoms. The molecule has 0 radical (unpaired) electrons. The van der Waals surface area contributed by atoms with Crippen molar-refractivity contribution in [2.45, 2.75) is 51.6 Å². The summed E-state index contributed by atoms with van der Waals surface area (Å²) in [5.41, 5.74) is 0.941. The Labute approximate surface area is 132 Å². The molecule has 2 aliphatic rings. The van der Waals surface area contributed by atoms with Crippen LogP contribution in [0.4, 0.5) is 0 Å². The summed E-state index contributed by atoms with van der Waals surface area (Å²) in [6, 6.07) is 0.0102. The number of oxazole rings is 1. The minimum absolute atomic E-state index is 0.0102. The molecule has 5 nitrogen and oxygen atoms in total. The molecule has 0 unspecified atom stereocenters. The molecular formula is C17H25N3O2. The quantitative estimate of drug-likeness (QED) is 0.801. The van der Waals surface area contributed by atoms with Crippen molar-refractivity contribution in [3.8, 4) is 0 Å². The molecule has 3 rings (SSSR count). The monoisotopic (exact) mass is 303 g/mol. The van der Waals surface area contributed by atoms with Gasteiger partial charge in [0, 0.05) is 25.4 Å². The third kappa shape index (κ3) is 2.82. The van der Waals surface area contributed by atoms with E-state index in [2.05, 4.69) is 30.3 Å². The van der Waals surface area contributed by atoms with Gasteiger partial charge in [-0.3, -0.25) is 9.69 Å². The minimum Gasteiger partial charge on any atom is -0.445 e. The van der Waals surface area contributed by atoms with Gasteiger partial charge in [-0.1, -0.05) is 19.9 Å². The van der Waals surface area contributed by atoms with Gasteiger partial charge in [0.15, 0.2) is 5.89 Å². The molecule has 3 heterocycles. The maximum Gasteiger partial charge on any atom is 0.240 e. The smallest absolute Gasteiger partial charge is 0.240 e. The van der Waals surface area contributed by atoms with E-state index in [1.807, 2.05) is 11.0 Å². The molecular weight excluding hydrogens is 278 g/mol. The SMILES string of the molecule is C=CCN1CCC[C@H]1C(=O)N1CCc2oc(C(C)C)nc2C1. The standard InChI is InChI=1S/C17H25N3O2/c1-4-8-19-9-5-6-14(19)17(21)20-10-7-15-13(11-20)18-16(22-15)12(2)3/h4,12,14H,1,5-11H2,2-3H3/t14-/m0/s1. The number of nitrogens with zero attached hydrogens (tertiary/aromatic N) is 3. The van der Waals surface area contributed by atoms with E-state index in [-0.39, 0.29) is 17.9 Å². The number of amides is 1. The summed E-state index contributed by atoms with van der Waals surface area (Å²) < 4.78 is 5.81. The average Bonchev–Trinajstić information content (AvgIpc) is 3.12. The summed E-state index contributed by atoms with van der Waals surface area (Å²) in [5.74, 6) is 2.27. The van der Waals surface area contributed by atoms with Crippen LogP contribution in [-0.4, -0.2) is 46.4 Å². The van der Waals surface area contributed by atoms with Gasteiger partial charge in [-0.2, -0.15) is 0 Å². The lowest BCUT2D eigenvalue weighted by Gasteiger charge is -2.31. The normalized spacial score (nSPS) is 22.1. The van der Waals surface area contributed by atoms with Crippen LogP contribution in [0.3, 0.4) is 0 Å². The van der Waals surface area contributed by atoms with Gasteiger partial charge >= 0.3 is 0 Å². The Hall–Kier alpha value is -1.62. The van der Waals surface area contributed by atoms with Crippen LogP contribution in [0.25, 0.3) is 0 Å². The highest BCUT2D eigenvalue weighted by Crippen LogP contribution is 2.26. The Morgan fingerprint density at radius 3 is 3.05 bits per heavy atom. The Morgan fingerprint density at radius 2 is 2.32 bits per heavy atom. The van der Waals surface area contributed by atoms with E-state index in [0.717, 1.165) is 56.2 Å². The van der Waals surface area contributed by atoms with Gasteiger partial charge in [0.2, 0.25) is 5.91 Å². The van der Waals surface area contributed by atoms with Crippen molar-refractivity contribution in [3.63, 3.8) is 0 Å². The third-order valence-electron chi connectivity index (χ3n) is 4.56. The van der Waals surface area contributed by atoms with Crippen LogP contribution in [0.2, 0.25) is 0 Å². The van der Waals surface area contributed by atoms with Crippen molar-refractivity contribution >= 4 is 5.91 Å². The first-order chi connectivity index (χ1) is 10.6. The molecule has 1 atom stereocenters. The maximum atomic E-state index is 12.8. The topological polar surface area (TPSA) is 49.6 Å². The van der Waals surface area contributed by atoms with Crippen LogP contribution in [0.5, 0.6) is 0 Å². The number of hydrogen-bond donors (Lipinski definition) is 0. The van der Waals surface area contributed by atoms with Gasteiger partial charge < -0.3 is 9.32 Å². The summed E-state index contributed by atoms with van der Waals surface area (Å²) in [7, 11) is 0. The molecule has 1 aromatic heterocycles. The van der Waals surface area contributed by atoms with Crippen molar-refractivity contribution in [2.75, 3.05) is 19.6 Å². The Kier molecular flexibility index (Phi) is 4.34. The third-order valence-corrected chi connectivity index (χ3v) is 4.56. The molecule has 1 fully saturated rings. The number of fused-ring (bicyclic) bond motifs is 1. The molecule has 0 aromatic carbocycles. The number of likely N-dealkylation sites (tertiary alicyclic amines) is 1. The van der Waals surface area contributed by atoms with Gasteiger partial charge in [0.1, 0.15) is 11.5 Å². The van der Waals surface area contributed by atoms with Gasteiger partial charge in [-0.25, -0.2) is 4.98 Å². The zero-order chi connectivity index (χ0) is 15.7. The van der Waals surface area contributed by atoms with E-state index >= 15 is 0 Å². The van der Waals surface area contributed by atoms with Crippen molar-refractivity contribution in [2.24, 2.45) is 0 Å². The van der Waals surface area contributed by atoms with Gasteiger partial charge in [-0.05, 0) is 19.4 Å². The first-order valence-corrected chi connectivity index (χ1v) is 8.22. The molecule has 1 aromatic rings. The van der Waals surface area contributed by atoms with E-state index in [4.69, 9.17) is 4.42 Å². The van der Waals surface area contributed by atoms with Gasteiger partial charge in [0.05, 0.1) is 12.6 Å². The molecule has 0 N–H and O–H groups in total. The maximum absolute atomic E-state index is 12.8. The number of aromatic nitrogens is 1. The molecule has 0 saturated carbocycles. The van der Waals surface area contributed by atoms with Gasteiger partial charge in [-0.15, -0.1) is 6.58 Å². The highest BCUT2D eigenvalue weighted by Gasteiger charge is 2.35. The second-order valence-corrected chi connectivity index (χ2v) is 6.53. The first kappa shape index (κ1) is 15.3. The molecule has 1 saturated heterocycles. The van der Waals surface area contributed by atoms with E-state index in [1.165, 1.54) is 0 Å². The molecule has 120 valence electrons. The number of carbonyl (C=O) groups is 1. The zero-order valence-electron chi connectivity index (χ0n) is 13.5. The fourth-order valence-electron chi connectivity index (χ4n) is 3.35. The second kappa shape index (κ2) is 6.24. The summed E-state index contributed by atoms with van der Waals surface area (Å²) in [5, 5.41) is 0. The molecule has 1 amide bonds. The first-order valence-electron chi connectivity index (χ1n) is 8.22. The number of hydrogen-bond acceptors (Lipinski definition) is 4. The summed E-state index contributed by atoms with van der Waals surface area (Å²) in [6.07, 6.45) is 4.69. The number of rotatable bonds is 4. The van der Waals surface area contributed by atoms with E-state index in [9.17, 15) is 4.79 Å². The summed E-state index contributed by atoms with van der Waals surface area (Å²) in [6.45, 7) is 11.0. The Bertz CT molecular complexity index is 564. The van der Waals surface area contributed by atoms with E-state index in [0.29, 0.717) is 6.54 Å². The van der Waals surface area contributed by atoms with Crippen molar-refractivity contribution in [3.05, 3.63) is 30.0 Å². The predicted octanol–water partition coefficient (Wildman–Crippen LogP) is 2.33. The molecule has 5 heteroatoms. The second-order valence-electron chi connectivity index (χ2n) is 6.53. The average molecular weight is 303 g/mol. The van der Waals surface area contributed by atoms with Crippen LogP contribution >= 0.6 is 0 Å². The minimum atomic E-state index is 0.0102. The summed E-state index contributed by atoms with van der Waals surface area (Å²) >= 11 is 0. The molecule has 2 aliphatic heterocycles. The summed E-state index contributed by atoms with van der Waals surface area (Å²) in [4.78, 5) is 21.6.